The van der Waals surface area contributed by atoms with Crippen LogP contribution in [0.2, 0.25) is 5.02 Å². The first-order valence-corrected chi connectivity index (χ1v) is 10.6. The summed E-state index contributed by atoms with van der Waals surface area (Å²) in [5, 5.41) is 11.0. The first-order valence-electron chi connectivity index (χ1n) is 8.30. The van der Waals surface area contributed by atoms with Gasteiger partial charge in [-0.15, -0.1) is 11.3 Å². The predicted molar refractivity (Wildman–Crippen MR) is 106 cm³/mol. The monoisotopic (exact) mass is 374 g/mol. The summed E-state index contributed by atoms with van der Waals surface area (Å²) in [6, 6.07) is 10.4. The van der Waals surface area contributed by atoms with Crippen LogP contribution >= 0.6 is 34.7 Å². The third-order valence-electron chi connectivity index (χ3n) is 4.56. The number of thioether (sulfide) groups is 1. The Bertz CT molecular complexity index is 852. The number of aryl methyl sites for hydroxylation is 1. The number of thiophene rings is 1. The molecule has 1 aromatic carbocycles. The molecule has 1 aliphatic heterocycles. The standard InChI is InChI=1S/C19H19ClN2S2/c1-12-19-16(10-18(24-19)14-4-6-15(20)7-5-14)17(22-21-12)9-13-3-2-8-23-11-13/h4-7,10,13H,2-3,8-9,11H2,1H3. The molecule has 24 heavy (non-hydrogen) atoms. The summed E-state index contributed by atoms with van der Waals surface area (Å²) < 4.78 is 1.27. The maximum Gasteiger partial charge on any atom is 0.0778 e. The number of hydrogen-bond donors (Lipinski definition) is 0. The van der Waals surface area contributed by atoms with Crippen LogP contribution in [0, 0.1) is 12.8 Å². The Morgan fingerprint density at radius 3 is 2.79 bits per heavy atom. The summed E-state index contributed by atoms with van der Waals surface area (Å²) in [5.41, 5.74) is 3.40. The van der Waals surface area contributed by atoms with Crippen molar-refractivity contribution >= 4 is 44.8 Å². The van der Waals surface area contributed by atoms with E-state index in [2.05, 4.69) is 47.1 Å². The van der Waals surface area contributed by atoms with Crippen LogP contribution in [0.3, 0.4) is 0 Å². The van der Waals surface area contributed by atoms with Gasteiger partial charge in [-0.25, -0.2) is 0 Å². The molecule has 3 heterocycles. The maximum atomic E-state index is 6.02. The zero-order valence-corrected chi connectivity index (χ0v) is 16.0. The van der Waals surface area contributed by atoms with E-state index in [0.29, 0.717) is 0 Å². The highest BCUT2D eigenvalue weighted by Crippen LogP contribution is 2.37. The average Bonchev–Trinajstić information content (AvgIpc) is 3.05. The molecule has 0 spiro atoms. The fraction of sp³-hybridized carbons (Fsp3) is 0.368. The lowest BCUT2D eigenvalue weighted by Crippen LogP contribution is -2.14. The highest BCUT2D eigenvalue weighted by atomic mass is 35.5. The van der Waals surface area contributed by atoms with Crippen molar-refractivity contribution in [3.8, 4) is 10.4 Å². The molecule has 1 fully saturated rings. The molecule has 3 aromatic rings. The molecular formula is C19H19ClN2S2. The summed E-state index contributed by atoms with van der Waals surface area (Å²) in [7, 11) is 0. The van der Waals surface area contributed by atoms with E-state index in [-0.39, 0.29) is 0 Å². The van der Waals surface area contributed by atoms with Crippen molar-refractivity contribution in [2.24, 2.45) is 5.92 Å². The molecule has 0 radical (unpaired) electrons. The van der Waals surface area contributed by atoms with Gasteiger partial charge < -0.3 is 0 Å². The Hall–Kier alpha value is -1.10. The molecule has 0 saturated carbocycles. The van der Waals surface area contributed by atoms with E-state index in [1.807, 2.05) is 23.5 Å². The third kappa shape index (κ3) is 3.32. The molecule has 4 rings (SSSR count). The minimum absolute atomic E-state index is 0.739. The molecule has 5 heteroatoms. The molecular weight excluding hydrogens is 356 g/mol. The molecule has 1 atom stereocenters. The Kier molecular flexibility index (Phi) is 4.79. The van der Waals surface area contributed by atoms with E-state index >= 15 is 0 Å². The Morgan fingerprint density at radius 2 is 2.04 bits per heavy atom. The molecule has 0 aliphatic carbocycles. The zero-order chi connectivity index (χ0) is 16.5. The van der Waals surface area contributed by atoms with Gasteiger partial charge in [0, 0.05) is 15.3 Å². The van der Waals surface area contributed by atoms with Gasteiger partial charge >= 0.3 is 0 Å². The number of rotatable bonds is 3. The lowest BCUT2D eigenvalue weighted by molar-refractivity contribution is 0.514. The van der Waals surface area contributed by atoms with Gasteiger partial charge in [-0.2, -0.15) is 22.0 Å². The summed E-state index contributed by atoms with van der Waals surface area (Å²) in [5.74, 6) is 3.30. The molecule has 0 N–H and O–H groups in total. The predicted octanol–water partition coefficient (Wildman–Crippen LogP) is 6.01. The largest absolute Gasteiger partial charge is 0.162 e. The number of halogens is 1. The van der Waals surface area contributed by atoms with Crippen LogP contribution < -0.4 is 0 Å². The molecule has 0 amide bonds. The van der Waals surface area contributed by atoms with Crippen LogP contribution in [0.1, 0.15) is 24.2 Å². The van der Waals surface area contributed by atoms with Crippen LogP contribution in [-0.2, 0) is 6.42 Å². The van der Waals surface area contributed by atoms with Gasteiger partial charge in [0.25, 0.3) is 0 Å². The first-order chi connectivity index (χ1) is 11.7. The quantitative estimate of drug-likeness (QED) is 0.561. The van der Waals surface area contributed by atoms with Crippen molar-refractivity contribution in [1.82, 2.24) is 10.2 Å². The van der Waals surface area contributed by atoms with Crippen LogP contribution in [0.5, 0.6) is 0 Å². The van der Waals surface area contributed by atoms with E-state index in [1.165, 1.54) is 50.6 Å². The number of nitrogens with zero attached hydrogens (tertiary/aromatic N) is 2. The van der Waals surface area contributed by atoms with Gasteiger partial charge in [0.2, 0.25) is 0 Å². The van der Waals surface area contributed by atoms with Gasteiger partial charge in [0.05, 0.1) is 16.1 Å². The number of aromatic nitrogens is 2. The second kappa shape index (κ2) is 7.03. The second-order valence-corrected chi connectivity index (χ2v) is 9.02. The van der Waals surface area contributed by atoms with Crippen molar-refractivity contribution in [3.05, 3.63) is 46.7 Å². The summed E-state index contributed by atoms with van der Waals surface area (Å²) in [6.45, 7) is 2.05. The number of fused-ring (bicyclic) bond motifs is 1. The van der Waals surface area contributed by atoms with Crippen molar-refractivity contribution < 1.29 is 0 Å². The van der Waals surface area contributed by atoms with E-state index in [9.17, 15) is 0 Å². The molecule has 124 valence electrons. The van der Waals surface area contributed by atoms with Gasteiger partial charge in [-0.1, -0.05) is 23.7 Å². The highest BCUT2D eigenvalue weighted by Gasteiger charge is 2.19. The number of benzene rings is 1. The summed E-state index contributed by atoms with van der Waals surface area (Å²) >= 11 is 9.90. The van der Waals surface area contributed by atoms with Crippen LogP contribution in [-0.4, -0.2) is 21.7 Å². The van der Waals surface area contributed by atoms with Crippen LogP contribution in [0.25, 0.3) is 20.5 Å². The van der Waals surface area contributed by atoms with Crippen molar-refractivity contribution in [1.29, 1.82) is 0 Å². The van der Waals surface area contributed by atoms with E-state index < -0.39 is 0 Å². The Labute approximate surface area is 155 Å². The summed E-state index contributed by atoms with van der Waals surface area (Å²) in [4.78, 5) is 1.26. The lowest BCUT2D eigenvalue weighted by atomic mass is 9.98. The molecule has 1 unspecified atom stereocenters. The Morgan fingerprint density at radius 1 is 1.21 bits per heavy atom. The normalized spacial score (nSPS) is 18.2. The van der Waals surface area contributed by atoms with E-state index in [4.69, 9.17) is 11.6 Å². The zero-order valence-electron chi connectivity index (χ0n) is 13.6. The maximum absolute atomic E-state index is 6.02. The van der Waals surface area contributed by atoms with Gasteiger partial charge in [0.1, 0.15) is 0 Å². The van der Waals surface area contributed by atoms with E-state index in [0.717, 1.165) is 23.1 Å². The fourth-order valence-electron chi connectivity index (χ4n) is 3.26. The minimum Gasteiger partial charge on any atom is -0.162 e. The second-order valence-electron chi connectivity index (χ2n) is 6.38. The molecule has 1 saturated heterocycles. The fourth-order valence-corrected chi connectivity index (χ4v) is 5.66. The van der Waals surface area contributed by atoms with Gasteiger partial charge in [0.15, 0.2) is 0 Å². The van der Waals surface area contributed by atoms with Gasteiger partial charge in [-0.05, 0) is 67.4 Å². The van der Waals surface area contributed by atoms with E-state index in [1.54, 1.807) is 0 Å². The van der Waals surface area contributed by atoms with Crippen molar-refractivity contribution in [2.75, 3.05) is 11.5 Å². The van der Waals surface area contributed by atoms with Crippen molar-refractivity contribution in [2.45, 2.75) is 26.2 Å². The first kappa shape index (κ1) is 16.4. The smallest absolute Gasteiger partial charge is 0.0778 e. The average molecular weight is 375 g/mol. The SMILES string of the molecule is Cc1nnc(CC2CCCSC2)c2cc(-c3ccc(Cl)cc3)sc12. The highest BCUT2D eigenvalue weighted by molar-refractivity contribution is 7.99. The molecule has 2 aromatic heterocycles. The minimum atomic E-state index is 0.739. The molecule has 1 aliphatic rings. The van der Waals surface area contributed by atoms with Gasteiger partial charge in [-0.3, -0.25) is 0 Å². The lowest BCUT2D eigenvalue weighted by Gasteiger charge is -2.20. The molecule has 0 bridgehead atoms. The topological polar surface area (TPSA) is 25.8 Å². The van der Waals surface area contributed by atoms with Crippen LogP contribution in [0.4, 0.5) is 0 Å². The van der Waals surface area contributed by atoms with Crippen molar-refractivity contribution in [3.63, 3.8) is 0 Å². The third-order valence-corrected chi connectivity index (χ3v) is 7.39. The number of hydrogen-bond acceptors (Lipinski definition) is 4. The Balaban J connectivity index is 1.72. The van der Waals surface area contributed by atoms with Crippen LogP contribution in [0.15, 0.2) is 30.3 Å². The summed E-state index contributed by atoms with van der Waals surface area (Å²) in [6.07, 6.45) is 3.70. The molecule has 2 nitrogen and oxygen atoms in total.